The highest BCUT2D eigenvalue weighted by molar-refractivity contribution is 5.49. The van der Waals surface area contributed by atoms with Crippen molar-refractivity contribution in [2.24, 2.45) is 5.92 Å². The van der Waals surface area contributed by atoms with Gasteiger partial charge in [-0.25, -0.2) is 4.98 Å². The fourth-order valence-corrected chi connectivity index (χ4v) is 2.33. The molecule has 0 aliphatic carbocycles. The Labute approximate surface area is 90.5 Å². The SMILES string of the molecule is Cc1cnc(N)nc1N1CC(C)CC1C. The first-order valence-corrected chi connectivity index (χ1v) is 5.43. The van der Waals surface area contributed by atoms with Crippen molar-refractivity contribution >= 4 is 11.8 Å². The molecule has 2 atom stereocenters. The van der Waals surface area contributed by atoms with Crippen molar-refractivity contribution < 1.29 is 0 Å². The van der Waals surface area contributed by atoms with Crippen molar-refractivity contribution in [1.82, 2.24) is 9.97 Å². The Kier molecular flexibility index (Phi) is 2.50. The predicted molar refractivity (Wildman–Crippen MR) is 61.8 cm³/mol. The van der Waals surface area contributed by atoms with Crippen LogP contribution in [0.3, 0.4) is 0 Å². The number of nitrogen functional groups attached to an aromatic ring is 1. The lowest BCUT2D eigenvalue weighted by Crippen LogP contribution is -2.28. The Hall–Kier alpha value is -1.32. The molecule has 4 heteroatoms. The van der Waals surface area contributed by atoms with Crippen LogP contribution in [0.15, 0.2) is 6.20 Å². The molecular formula is C11H18N4. The molecule has 0 amide bonds. The van der Waals surface area contributed by atoms with E-state index in [1.54, 1.807) is 6.20 Å². The van der Waals surface area contributed by atoms with Gasteiger partial charge in [0.15, 0.2) is 0 Å². The minimum absolute atomic E-state index is 0.363. The zero-order valence-corrected chi connectivity index (χ0v) is 9.57. The number of aromatic nitrogens is 2. The van der Waals surface area contributed by atoms with E-state index in [0.717, 1.165) is 23.8 Å². The third-order valence-electron chi connectivity index (χ3n) is 3.02. The normalized spacial score (nSPS) is 25.9. The quantitative estimate of drug-likeness (QED) is 0.758. The molecule has 82 valence electrons. The first-order valence-electron chi connectivity index (χ1n) is 5.43. The fraction of sp³-hybridized carbons (Fsp3) is 0.636. The second kappa shape index (κ2) is 3.68. The molecule has 0 spiro atoms. The van der Waals surface area contributed by atoms with Gasteiger partial charge in [0.25, 0.3) is 0 Å². The smallest absolute Gasteiger partial charge is 0.221 e. The van der Waals surface area contributed by atoms with Gasteiger partial charge in [-0.15, -0.1) is 0 Å². The molecule has 4 nitrogen and oxygen atoms in total. The molecule has 1 aromatic heterocycles. The van der Waals surface area contributed by atoms with Gasteiger partial charge in [0.2, 0.25) is 5.95 Å². The molecule has 1 saturated heterocycles. The molecule has 1 aromatic rings. The van der Waals surface area contributed by atoms with Crippen LogP contribution < -0.4 is 10.6 Å². The lowest BCUT2D eigenvalue weighted by atomic mass is 10.1. The van der Waals surface area contributed by atoms with Gasteiger partial charge >= 0.3 is 0 Å². The van der Waals surface area contributed by atoms with Crippen molar-refractivity contribution in [3.05, 3.63) is 11.8 Å². The number of nitrogens with zero attached hydrogens (tertiary/aromatic N) is 3. The Morgan fingerprint density at radius 3 is 2.80 bits per heavy atom. The highest BCUT2D eigenvalue weighted by Gasteiger charge is 2.28. The Morgan fingerprint density at radius 2 is 2.20 bits per heavy atom. The maximum Gasteiger partial charge on any atom is 0.221 e. The maximum atomic E-state index is 5.63. The topological polar surface area (TPSA) is 55.0 Å². The van der Waals surface area contributed by atoms with Crippen molar-refractivity contribution in [3.63, 3.8) is 0 Å². The second-order valence-corrected chi connectivity index (χ2v) is 4.58. The van der Waals surface area contributed by atoms with Crippen LogP contribution in [0, 0.1) is 12.8 Å². The molecule has 2 heterocycles. The first kappa shape index (κ1) is 10.2. The van der Waals surface area contributed by atoms with Crippen molar-refractivity contribution in [3.8, 4) is 0 Å². The summed E-state index contributed by atoms with van der Waals surface area (Å²) in [5.41, 5.74) is 6.73. The molecule has 1 aliphatic rings. The van der Waals surface area contributed by atoms with Gasteiger partial charge in [-0.05, 0) is 26.2 Å². The Morgan fingerprint density at radius 1 is 1.47 bits per heavy atom. The summed E-state index contributed by atoms with van der Waals surface area (Å²) < 4.78 is 0. The van der Waals surface area contributed by atoms with E-state index >= 15 is 0 Å². The molecular weight excluding hydrogens is 188 g/mol. The number of hydrogen-bond donors (Lipinski definition) is 1. The lowest BCUT2D eigenvalue weighted by molar-refractivity contribution is 0.625. The van der Waals surface area contributed by atoms with E-state index in [1.807, 2.05) is 6.92 Å². The first-order chi connectivity index (χ1) is 7.08. The average molecular weight is 206 g/mol. The van der Waals surface area contributed by atoms with Crippen molar-refractivity contribution in [2.45, 2.75) is 33.2 Å². The molecule has 2 rings (SSSR count). The molecule has 1 fully saturated rings. The molecule has 0 radical (unpaired) electrons. The third kappa shape index (κ3) is 1.89. The van der Waals surface area contributed by atoms with E-state index in [1.165, 1.54) is 6.42 Å². The second-order valence-electron chi connectivity index (χ2n) is 4.58. The van der Waals surface area contributed by atoms with E-state index in [-0.39, 0.29) is 0 Å². The van der Waals surface area contributed by atoms with Crippen LogP contribution in [0.4, 0.5) is 11.8 Å². The molecule has 2 N–H and O–H groups in total. The summed E-state index contributed by atoms with van der Waals surface area (Å²) in [4.78, 5) is 10.7. The summed E-state index contributed by atoms with van der Waals surface area (Å²) in [7, 11) is 0. The molecule has 1 aliphatic heterocycles. The van der Waals surface area contributed by atoms with Crippen LogP contribution in [0.2, 0.25) is 0 Å². The van der Waals surface area contributed by atoms with Crippen molar-refractivity contribution in [1.29, 1.82) is 0 Å². The monoisotopic (exact) mass is 206 g/mol. The standard InChI is InChI=1S/C11H18N4/c1-7-4-9(3)15(6-7)10-8(2)5-13-11(12)14-10/h5,7,9H,4,6H2,1-3H3,(H2,12,13,14). The van der Waals surface area contributed by atoms with E-state index in [2.05, 4.69) is 28.7 Å². The summed E-state index contributed by atoms with van der Waals surface area (Å²) in [6, 6.07) is 0.549. The zero-order valence-electron chi connectivity index (χ0n) is 9.57. The van der Waals surface area contributed by atoms with Gasteiger partial charge in [0.05, 0.1) is 0 Å². The molecule has 0 aromatic carbocycles. The van der Waals surface area contributed by atoms with Gasteiger partial charge in [0.1, 0.15) is 5.82 Å². The van der Waals surface area contributed by atoms with Gasteiger partial charge in [-0.1, -0.05) is 6.92 Å². The van der Waals surface area contributed by atoms with Crippen molar-refractivity contribution in [2.75, 3.05) is 17.2 Å². The third-order valence-corrected chi connectivity index (χ3v) is 3.02. The number of nitrogens with two attached hydrogens (primary N) is 1. The summed E-state index contributed by atoms with van der Waals surface area (Å²) >= 11 is 0. The minimum atomic E-state index is 0.363. The van der Waals surface area contributed by atoms with E-state index < -0.39 is 0 Å². The van der Waals surface area contributed by atoms with E-state index in [4.69, 9.17) is 5.73 Å². The van der Waals surface area contributed by atoms with Crippen LogP contribution in [0.1, 0.15) is 25.8 Å². The molecule has 0 saturated carbocycles. The molecule has 0 bridgehead atoms. The average Bonchev–Trinajstić information content (AvgIpc) is 2.50. The van der Waals surface area contributed by atoms with Crippen LogP contribution in [0.25, 0.3) is 0 Å². The highest BCUT2D eigenvalue weighted by atomic mass is 15.2. The summed E-state index contributed by atoms with van der Waals surface area (Å²) in [5.74, 6) is 2.09. The molecule has 2 unspecified atom stereocenters. The van der Waals surface area contributed by atoms with Crippen LogP contribution >= 0.6 is 0 Å². The van der Waals surface area contributed by atoms with Gasteiger partial charge < -0.3 is 10.6 Å². The number of hydrogen-bond acceptors (Lipinski definition) is 4. The Bertz CT molecular complexity index is 364. The highest BCUT2D eigenvalue weighted by Crippen LogP contribution is 2.29. The van der Waals surface area contributed by atoms with Crippen LogP contribution in [0.5, 0.6) is 0 Å². The Balaban J connectivity index is 2.32. The molecule has 15 heavy (non-hydrogen) atoms. The maximum absolute atomic E-state index is 5.63. The van der Waals surface area contributed by atoms with Crippen LogP contribution in [-0.2, 0) is 0 Å². The van der Waals surface area contributed by atoms with Gasteiger partial charge in [-0.2, -0.15) is 4.98 Å². The van der Waals surface area contributed by atoms with Gasteiger partial charge in [0, 0.05) is 24.3 Å². The summed E-state index contributed by atoms with van der Waals surface area (Å²) in [6.07, 6.45) is 3.02. The minimum Gasteiger partial charge on any atom is -0.368 e. The fourth-order valence-electron chi connectivity index (χ4n) is 2.33. The summed E-state index contributed by atoms with van der Waals surface area (Å²) in [6.45, 7) is 7.61. The van der Waals surface area contributed by atoms with Crippen LogP contribution in [-0.4, -0.2) is 22.6 Å². The van der Waals surface area contributed by atoms with E-state index in [9.17, 15) is 0 Å². The number of aryl methyl sites for hydroxylation is 1. The number of anilines is 2. The number of rotatable bonds is 1. The largest absolute Gasteiger partial charge is 0.368 e. The van der Waals surface area contributed by atoms with E-state index in [0.29, 0.717) is 12.0 Å². The summed E-state index contributed by atoms with van der Waals surface area (Å²) in [5, 5.41) is 0. The predicted octanol–water partition coefficient (Wildman–Crippen LogP) is 1.60. The van der Waals surface area contributed by atoms with Gasteiger partial charge in [-0.3, -0.25) is 0 Å². The lowest BCUT2D eigenvalue weighted by Gasteiger charge is -2.24. The zero-order chi connectivity index (χ0) is 11.0.